The van der Waals surface area contributed by atoms with Crippen LogP contribution in [0.5, 0.6) is 0 Å². The highest BCUT2D eigenvalue weighted by atomic mass is 16.1. The molecule has 1 heterocycles. The molecule has 0 fully saturated rings. The van der Waals surface area contributed by atoms with E-state index in [1.165, 1.54) is 0 Å². The fourth-order valence-corrected chi connectivity index (χ4v) is 1.75. The van der Waals surface area contributed by atoms with Crippen LogP contribution in [0.25, 0.3) is 0 Å². The first-order valence-corrected chi connectivity index (χ1v) is 6.10. The third-order valence-corrected chi connectivity index (χ3v) is 2.84. The van der Waals surface area contributed by atoms with Gasteiger partial charge in [-0.3, -0.25) is 4.79 Å². The third-order valence-electron chi connectivity index (χ3n) is 2.84. The molecule has 1 amide bonds. The summed E-state index contributed by atoms with van der Waals surface area (Å²) in [4.78, 5) is 15.7. The van der Waals surface area contributed by atoms with Gasteiger partial charge in [0, 0.05) is 31.4 Å². The summed E-state index contributed by atoms with van der Waals surface area (Å²) in [6, 6.07) is 0.104. The van der Waals surface area contributed by atoms with Crippen LogP contribution in [0, 0.1) is 5.92 Å². The summed E-state index contributed by atoms with van der Waals surface area (Å²) in [6.07, 6.45) is 6.83. The molecule has 0 aromatic carbocycles. The van der Waals surface area contributed by atoms with Crippen LogP contribution < -0.4 is 11.1 Å². The summed E-state index contributed by atoms with van der Waals surface area (Å²) in [7, 11) is 0. The maximum absolute atomic E-state index is 11.7. The normalized spacial score (nSPS) is 14.3. The Bertz CT molecular complexity index is 319. The number of aromatic nitrogens is 2. The number of carbonyl (C=O) groups is 1. The highest BCUT2D eigenvalue weighted by molar-refractivity contribution is 5.76. The van der Waals surface area contributed by atoms with E-state index in [1.807, 2.05) is 17.7 Å². The van der Waals surface area contributed by atoms with Gasteiger partial charge in [-0.1, -0.05) is 13.3 Å². The summed E-state index contributed by atoms with van der Waals surface area (Å²) in [5.74, 6) is 0.366. The number of carbonyl (C=O) groups excluding carboxylic acids is 1. The van der Waals surface area contributed by atoms with Crippen LogP contribution in [-0.4, -0.2) is 28.0 Å². The molecule has 0 saturated carbocycles. The van der Waals surface area contributed by atoms with Gasteiger partial charge < -0.3 is 15.6 Å². The largest absolute Gasteiger partial charge is 0.352 e. The number of nitrogens with two attached hydrogens (primary N) is 1. The second kappa shape index (κ2) is 7.06. The van der Waals surface area contributed by atoms with Crippen molar-refractivity contribution in [2.45, 2.75) is 39.3 Å². The maximum Gasteiger partial charge on any atom is 0.220 e. The molecule has 0 aliphatic rings. The molecule has 5 heteroatoms. The molecule has 0 bridgehead atoms. The Labute approximate surface area is 102 Å². The van der Waals surface area contributed by atoms with Crippen molar-refractivity contribution >= 4 is 5.91 Å². The topological polar surface area (TPSA) is 72.9 Å². The Morgan fingerprint density at radius 2 is 2.35 bits per heavy atom. The summed E-state index contributed by atoms with van der Waals surface area (Å²) in [6.45, 7) is 5.35. The fourth-order valence-electron chi connectivity index (χ4n) is 1.75. The van der Waals surface area contributed by atoms with Crippen molar-refractivity contribution < 1.29 is 4.79 Å². The van der Waals surface area contributed by atoms with Gasteiger partial charge in [-0.2, -0.15) is 0 Å². The van der Waals surface area contributed by atoms with Crippen LogP contribution in [0.3, 0.4) is 0 Å². The lowest BCUT2D eigenvalue weighted by Crippen LogP contribution is -2.37. The zero-order chi connectivity index (χ0) is 12.7. The second-order valence-corrected chi connectivity index (χ2v) is 4.44. The van der Waals surface area contributed by atoms with E-state index < -0.39 is 0 Å². The lowest BCUT2D eigenvalue weighted by molar-refractivity contribution is -0.122. The summed E-state index contributed by atoms with van der Waals surface area (Å²) >= 11 is 0. The standard InChI is InChI=1S/C12H22N4O/c1-3-11(7-13)6-12(17)15-10(2)8-16-5-4-14-9-16/h4-5,9-11H,3,6-8,13H2,1-2H3,(H,15,17). The predicted molar refractivity (Wildman–Crippen MR) is 67.3 cm³/mol. The second-order valence-electron chi connectivity index (χ2n) is 4.44. The smallest absolute Gasteiger partial charge is 0.220 e. The number of nitrogens with one attached hydrogen (secondary N) is 1. The van der Waals surface area contributed by atoms with E-state index in [-0.39, 0.29) is 17.9 Å². The van der Waals surface area contributed by atoms with Gasteiger partial charge in [0.1, 0.15) is 0 Å². The SMILES string of the molecule is CCC(CN)CC(=O)NC(C)Cn1ccnc1. The number of amides is 1. The molecule has 1 aromatic heterocycles. The minimum Gasteiger partial charge on any atom is -0.352 e. The number of nitrogens with zero attached hydrogens (tertiary/aromatic N) is 2. The van der Waals surface area contributed by atoms with Gasteiger partial charge >= 0.3 is 0 Å². The van der Waals surface area contributed by atoms with Gasteiger partial charge in [-0.25, -0.2) is 4.98 Å². The van der Waals surface area contributed by atoms with E-state index >= 15 is 0 Å². The van der Waals surface area contributed by atoms with Gasteiger partial charge in [0.2, 0.25) is 5.91 Å². The zero-order valence-corrected chi connectivity index (χ0v) is 10.6. The van der Waals surface area contributed by atoms with Crippen LogP contribution in [0.2, 0.25) is 0 Å². The highest BCUT2D eigenvalue weighted by Crippen LogP contribution is 2.05. The maximum atomic E-state index is 11.7. The molecule has 0 aliphatic heterocycles. The Hall–Kier alpha value is -1.36. The van der Waals surface area contributed by atoms with E-state index in [0.29, 0.717) is 13.0 Å². The monoisotopic (exact) mass is 238 g/mol. The highest BCUT2D eigenvalue weighted by Gasteiger charge is 2.12. The number of rotatable bonds is 7. The minimum absolute atomic E-state index is 0.0786. The first-order chi connectivity index (χ1) is 8.15. The molecular formula is C12H22N4O. The Balaban J connectivity index is 2.30. The molecule has 96 valence electrons. The third kappa shape index (κ3) is 4.99. The molecular weight excluding hydrogens is 216 g/mol. The molecule has 0 saturated heterocycles. The average molecular weight is 238 g/mol. The predicted octanol–water partition coefficient (Wildman–Crippen LogP) is 0.763. The first kappa shape index (κ1) is 13.7. The molecule has 2 unspecified atom stereocenters. The van der Waals surface area contributed by atoms with Crippen LogP contribution in [0.1, 0.15) is 26.7 Å². The van der Waals surface area contributed by atoms with Crippen molar-refractivity contribution in [3.63, 3.8) is 0 Å². The summed E-state index contributed by atoms with van der Waals surface area (Å²) in [5.41, 5.74) is 5.58. The van der Waals surface area contributed by atoms with E-state index in [1.54, 1.807) is 12.5 Å². The van der Waals surface area contributed by atoms with Gasteiger partial charge in [-0.05, 0) is 19.4 Å². The van der Waals surface area contributed by atoms with Crippen molar-refractivity contribution in [2.75, 3.05) is 6.54 Å². The van der Waals surface area contributed by atoms with Crippen LogP contribution in [0.4, 0.5) is 0 Å². The molecule has 0 radical (unpaired) electrons. The van der Waals surface area contributed by atoms with Crippen LogP contribution in [-0.2, 0) is 11.3 Å². The van der Waals surface area contributed by atoms with Gasteiger partial charge in [0.15, 0.2) is 0 Å². The Kier molecular flexibility index (Phi) is 5.69. The van der Waals surface area contributed by atoms with Crippen molar-refractivity contribution in [3.05, 3.63) is 18.7 Å². The molecule has 2 atom stereocenters. The molecule has 1 aromatic rings. The summed E-state index contributed by atoms with van der Waals surface area (Å²) < 4.78 is 1.95. The lowest BCUT2D eigenvalue weighted by Gasteiger charge is -2.17. The average Bonchev–Trinajstić information content (AvgIpc) is 2.78. The van der Waals surface area contributed by atoms with Gasteiger partial charge in [0.05, 0.1) is 6.33 Å². The Morgan fingerprint density at radius 1 is 1.59 bits per heavy atom. The molecule has 1 rings (SSSR count). The molecule has 3 N–H and O–H groups in total. The Morgan fingerprint density at radius 3 is 2.88 bits per heavy atom. The molecule has 0 aliphatic carbocycles. The number of imidazole rings is 1. The quantitative estimate of drug-likeness (QED) is 0.736. The molecule has 17 heavy (non-hydrogen) atoms. The van der Waals surface area contributed by atoms with Crippen LogP contribution in [0.15, 0.2) is 18.7 Å². The van der Waals surface area contributed by atoms with Crippen molar-refractivity contribution in [2.24, 2.45) is 11.7 Å². The van der Waals surface area contributed by atoms with Crippen LogP contribution >= 0.6 is 0 Å². The van der Waals surface area contributed by atoms with Crippen molar-refractivity contribution in [3.8, 4) is 0 Å². The lowest BCUT2D eigenvalue weighted by atomic mass is 10.0. The fraction of sp³-hybridized carbons (Fsp3) is 0.667. The minimum atomic E-state index is 0.0786. The van der Waals surface area contributed by atoms with Gasteiger partial charge in [-0.15, -0.1) is 0 Å². The van der Waals surface area contributed by atoms with Crippen molar-refractivity contribution in [1.82, 2.24) is 14.9 Å². The van der Waals surface area contributed by atoms with E-state index in [4.69, 9.17) is 5.73 Å². The van der Waals surface area contributed by atoms with E-state index in [2.05, 4.69) is 17.2 Å². The molecule has 5 nitrogen and oxygen atoms in total. The van der Waals surface area contributed by atoms with E-state index in [9.17, 15) is 4.79 Å². The van der Waals surface area contributed by atoms with Gasteiger partial charge in [0.25, 0.3) is 0 Å². The van der Waals surface area contributed by atoms with Crippen molar-refractivity contribution in [1.29, 1.82) is 0 Å². The van der Waals surface area contributed by atoms with E-state index in [0.717, 1.165) is 13.0 Å². The number of hydrogen-bond donors (Lipinski definition) is 2. The molecule has 0 spiro atoms. The zero-order valence-electron chi connectivity index (χ0n) is 10.6. The first-order valence-electron chi connectivity index (χ1n) is 6.10. The summed E-state index contributed by atoms with van der Waals surface area (Å²) in [5, 5.41) is 2.97. The number of hydrogen-bond acceptors (Lipinski definition) is 3.